The molecule has 1 rings (SSSR count). The Morgan fingerprint density at radius 2 is 2.27 bits per heavy atom. The van der Waals surface area contributed by atoms with Crippen LogP contribution in [0, 0.1) is 0 Å². The molecule has 4 heteroatoms. The number of hydrogen-bond acceptors (Lipinski definition) is 2. The van der Waals surface area contributed by atoms with E-state index in [1.165, 1.54) is 4.88 Å². The lowest BCUT2D eigenvalue weighted by Gasteiger charge is -2.09. The van der Waals surface area contributed by atoms with Crippen LogP contribution in [0.5, 0.6) is 0 Å². The molecule has 0 atom stereocenters. The molecule has 0 amide bonds. The Hall–Kier alpha value is -1.03. The average molecular weight is 225 g/mol. The Bertz CT molecular complexity index is 280. The summed E-state index contributed by atoms with van der Waals surface area (Å²) < 4.78 is 0. The number of hydrogen-bond donors (Lipinski definition) is 2. The highest BCUT2D eigenvalue weighted by atomic mass is 32.1. The molecule has 1 aromatic heterocycles. The van der Waals surface area contributed by atoms with Crippen molar-refractivity contribution in [2.75, 3.05) is 13.1 Å². The molecule has 0 radical (unpaired) electrons. The van der Waals surface area contributed by atoms with Crippen LogP contribution in [0.25, 0.3) is 0 Å². The molecule has 0 spiro atoms. The quantitative estimate of drug-likeness (QED) is 0.595. The van der Waals surface area contributed by atoms with E-state index >= 15 is 0 Å². The van der Waals surface area contributed by atoms with E-state index in [1.54, 1.807) is 11.3 Å². The fraction of sp³-hybridized carbons (Fsp3) is 0.545. The van der Waals surface area contributed by atoms with Crippen molar-refractivity contribution in [2.24, 2.45) is 4.99 Å². The van der Waals surface area contributed by atoms with Crippen molar-refractivity contribution in [1.82, 2.24) is 10.6 Å². The Morgan fingerprint density at radius 3 is 2.87 bits per heavy atom. The Labute approximate surface area is 95.6 Å². The van der Waals surface area contributed by atoms with Gasteiger partial charge in [-0.1, -0.05) is 13.0 Å². The maximum Gasteiger partial charge on any atom is 0.191 e. The molecule has 1 aromatic rings. The summed E-state index contributed by atoms with van der Waals surface area (Å²) in [7, 11) is 0. The number of thiophene rings is 1. The van der Waals surface area contributed by atoms with Gasteiger partial charge in [0, 0.05) is 18.0 Å². The zero-order chi connectivity index (χ0) is 10.9. The minimum Gasteiger partial charge on any atom is -0.357 e. The zero-order valence-corrected chi connectivity index (χ0v) is 10.2. The molecule has 0 unspecified atom stereocenters. The SMILES string of the molecule is CCCNC(=NCc1cccs1)NCC. The first-order valence-corrected chi connectivity index (χ1v) is 6.29. The second-order valence-electron chi connectivity index (χ2n) is 3.20. The largest absolute Gasteiger partial charge is 0.357 e. The number of rotatable bonds is 5. The summed E-state index contributed by atoms with van der Waals surface area (Å²) in [6.07, 6.45) is 1.11. The molecule has 1 heterocycles. The monoisotopic (exact) mass is 225 g/mol. The van der Waals surface area contributed by atoms with Crippen LogP contribution in [0.3, 0.4) is 0 Å². The van der Waals surface area contributed by atoms with E-state index in [1.807, 2.05) is 0 Å². The highest BCUT2D eigenvalue weighted by Gasteiger charge is 1.96. The smallest absolute Gasteiger partial charge is 0.191 e. The molecule has 0 aliphatic carbocycles. The van der Waals surface area contributed by atoms with Gasteiger partial charge in [-0.2, -0.15) is 0 Å². The van der Waals surface area contributed by atoms with E-state index in [9.17, 15) is 0 Å². The molecule has 84 valence electrons. The van der Waals surface area contributed by atoms with E-state index < -0.39 is 0 Å². The maximum absolute atomic E-state index is 4.50. The average Bonchev–Trinajstić information content (AvgIpc) is 2.75. The van der Waals surface area contributed by atoms with Crippen LogP contribution < -0.4 is 10.6 Å². The van der Waals surface area contributed by atoms with Crippen molar-refractivity contribution in [1.29, 1.82) is 0 Å². The van der Waals surface area contributed by atoms with Crippen molar-refractivity contribution < 1.29 is 0 Å². The number of guanidine groups is 1. The maximum atomic E-state index is 4.50. The van der Waals surface area contributed by atoms with E-state index in [0.29, 0.717) is 0 Å². The normalized spacial score (nSPS) is 11.5. The van der Waals surface area contributed by atoms with Gasteiger partial charge in [-0.3, -0.25) is 0 Å². The summed E-state index contributed by atoms with van der Waals surface area (Å²) in [5, 5.41) is 8.58. The lowest BCUT2D eigenvalue weighted by Crippen LogP contribution is -2.37. The van der Waals surface area contributed by atoms with E-state index in [-0.39, 0.29) is 0 Å². The predicted octanol–water partition coefficient (Wildman–Crippen LogP) is 2.21. The fourth-order valence-electron chi connectivity index (χ4n) is 1.14. The lowest BCUT2D eigenvalue weighted by atomic mass is 10.5. The van der Waals surface area contributed by atoms with E-state index in [2.05, 4.69) is 47.0 Å². The van der Waals surface area contributed by atoms with Gasteiger partial charge in [0.15, 0.2) is 5.96 Å². The Kier molecular flexibility index (Phi) is 5.85. The van der Waals surface area contributed by atoms with Gasteiger partial charge >= 0.3 is 0 Å². The van der Waals surface area contributed by atoms with Crippen molar-refractivity contribution in [3.05, 3.63) is 22.4 Å². The third-order valence-corrected chi connectivity index (χ3v) is 2.72. The van der Waals surface area contributed by atoms with Crippen molar-refractivity contribution >= 4 is 17.3 Å². The van der Waals surface area contributed by atoms with Gasteiger partial charge in [0.25, 0.3) is 0 Å². The fourth-order valence-corrected chi connectivity index (χ4v) is 1.77. The molecule has 0 aliphatic heterocycles. The van der Waals surface area contributed by atoms with Gasteiger partial charge in [-0.15, -0.1) is 11.3 Å². The summed E-state index contributed by atoms with van der Waals surface area (Å²) in [4.78, 5) is 5.79. The van der Waals surface area contributed by atoms with Crippen molar-refractivity contribution in [3.63, 3.8) is 0 Å². The van der Waals surface area contributed by atoms with Gasteiger partial charge in [-0.25, -0.2) is 4.99 Å². The van der Waals surface area contributed by atoms with Crippen LogP contribution in [0.15, 0.2) is 22.5 Å². The molecular weight excluding hydrogens is 206 g/mol. The van der Waals surface area contributed by atoms with Crippen molar-refractivity contribution in [2.45, 2.75) is 26.8 Å². The first-order chi connectivity index (χ1) is 7.36. The first-order valence-electron chi connectivity index (χ1n) is 5.41. The minimum absolute atomic E-state index is 0.761. The van der Waals surface area contributed by atoms with Crippen LogP contribution in [0.4, 0.5) is 0 Å². The van der Waals surface area contributed by atoms with Crippen molar-refractivity contribution in [3.8, 4) is 0 Å². The van der Waals surface area contributed by atoms with Crippen LogP contribution >= 0.6 is 11.3 Å². The lowest BCUT2D eigenvalue weighted by molar-refractivity contribution is 0.786. The second kappa shape index (κ2) is 7.29. The Balaban J connectivity index is 2.43. The third kappa shape index (κ3) is 4.83. The highest BCUT2D eigenvalue weighted by Crippen LogP contribution is 2.09. The van der Waals surface area contributed by atoms with E-state index in [4.69, 9.17) is 0 Å². The zero-order valence-electron chi connectivity index (χ0n) is 9.42. The first kappa shape index (κ1) is 12.0. The molecule has 0 saturated carbocycles. The molecule has 15 heavy (non-hydrogen) atoms. The molecule has 0 aliphatic rings. The minimum atomic E-state index is 0.761. The van der Waals surface area contributed by atoms with Crippen LogP contribution in [0.2, 0.25) is 0 Å². The molecule has 0 bridgehead atoms. The molecule has 0 aromatic carbocycles. The summed E-state index contributed by atoms with van der Waals surface area (Å²) in [6.45, 7) is 6.86. The highest BCUT2D eigenvalue weighted by molar-refractivity contribution is 7.09. The third-order valence-electron chi connectivity index (χ3n) is 1.86. The Morgan fingerprint density at radius 1 is 1.40 bits per heavy atom. The molecule has 0 fully saturated rings. The van der Waals surface area contributed by atoms with Gasteiger partial charge in [-0.05, 0) is 24.8 Å². The second-order valence-corrected chi connectivity index (χ2v) is 4.23. The predicted molar refractivity (Wildman–Crippen MR) is 67.4 cm³/mol. The van der Waals surface area contributed by atoms with Gasteiger partial charge in [0.2, 0.25) is 0 Å². The summed E-state index contributed by atoms with van der Waals surface area (Å²) in [5.41, 5.74) is 0. The topological polar surface area (TPSA) is 36.4 Å². The molecule has 0 saturated heterocycles. The van der Waals surface area contributed by atoms with Gasteiger partial charge in [0.05, 0.1) is 6.54 Å². The number of nitrogens with one attached hydrogen (secondary N) is 2. The standard InChI is InChI=1S/C11H19N3S/c1-3-7-13-11(12-4-2)14-9-10-6-5-8-15-10/h5-6,8H,3-4,7,9H2,1-2H3,(H2,12,13,14). The molecule has 2 N–H and O–H groups in total. The van der Waals surface area contributed by atoms with E-state index in [0.717, 1.165) is 32.0 Å². The summed E-state index contributed by atoms with van der Waals surface area (Å²) in [5.74, 6) is 0.910. The summed E-state index contributed by atoms with van der Waals surface area (Å²) >= 11 is 1.74. The molecular formula is C11H19N3S. The molecule has 3 nitrogen and oxygen atoms in total. The number of nitrogens with zero attached hydrogens (tertiary/aromatic N) is 1. The van der Waals surface area contributed by atoms with Crippen LogP contribution in [-0.2, 0) is 6.54 Å². The number of aliphatic imine (C=N–C) groups is 1. The van der Waals surface area contributed by atoms with Gasteiger partial charge in [0.1, 0.15) is 0 Å². The van der Waals surface area contributed by atoms with Crippen LogP contribution in [-0.4, -0.2) is 19.0 Å². The summed E-state index contributed by atoms with van der Waals surface area (Å²) in [6, 6.07) is 4.17. The van der Waals surface area contributed by atoms with Crippen LogP contribution in [0.1, 0.15) is 25.1 Å². The van der Waals surface area contributed by atoms with Gasteiger partial charge < -0.3 is 10.6 Å².